The van der Waals surface area contributed by atoms with Gasteiger partial charge in [0.15, 0.2) is 11.7 Å². The van der Waals surface area contributed by atoms with Gasteiger partial charge in [-0.05, 0) is 37.3 Å². The molecule has 0 radical (unpaired) electrons. The molecule has 2 heterocycles. The van der Waals surface area contributed by atoms with Crippen molar-refractivity contribution in [1.82, 2.24) is 4.98 Å². The number of anilines is 1. The Kier molecular flexibility index (Phi) is 5.50. The van der Waals surface area contributed by atoms with Crippen LogP contribution in [0.3, 0.4) is 0 Å². The van der Waals surface area contributed by atoms with Crippen LogP contribution in [0.1, 0.15) is 6.92 Å². The van der Waals surface area contributed by atoms with Gasteiger partial charge < -0.3 is 4.74 Å². The van der Waals surface area contributed by atoms with Crippen molar-refractivity contribution in [3.05, 3.63) is 64.0 Å². The van der Waals surface area contributed by atoms with E-state index in [1.165, 1.54) is 34.5 Å². The Hall–Kier alpha value is -3.99. The van der Waals surface area contributed by atoms with E-state index in [1.807, 2.05) is 29.6 Å². The van der Waals surface area contributed by atoms with Crippen LogP contribution in [0.2, 0.25) is 0 Å². The molecule has 0 saturated heterocycles. The SMILES string of the molecule is COc1ccc(-c2csc(N3N=C(C)[C@H](N=Nc4ccccc4[N+](=O)[O-])C3=O)n2)cc1. The van der Waals surface area contributed by atoms with Gasteiger partial charge in [-0.1, -0.05) is 12.1 Å². The highest BCUT2D eigenvalue weighted by Gasteiger charge is 2.36. The van der Waals surface area contributed by atoms with Gasteiger partial charge in [0.2, 0.25) is 5.13 Å². The molecule has 31 heavy (non-hydrogen) atoms. The second kappa shape index (κ2) is 8.40. The van der Waals surface area contributed by atoms with Crippen LogP contribution in [0.25, 0.3) is 11.3 Å². The number of aromatic nitrogens is 1. The molecule has 0 saturated carbocycles. The normalized spacial score (nSPS) is 16.1. The number of rotatable bonds is 6. The quantitative estimate of drug-likeness (QED) is 0.317. The minimum Gasteiger partial charge on any atom is -0.497 e. The fourth-order valence-corrected chi connectivity index (χ4v) is 3.69. The molecule has 0 unspecified atom stereocenters. The molecule has 1 amide bonds. The monoisotopic (exact) mass is 436 g/mol. The number of methoxy groups -OCH3 is 1. The molecular formula is C20H16N6O4S. The summed E-state index contributed by atoms with van der Waals surface area (Å²) in [5, 5.41) is 26.8. The van der Waals surface area contributed by atoms with Crippen LogP contribution < -0.4 is 9.75 Å². The molecule has 156 valence electrons. The molecule has 1 atom stereocenters. The molecule has 0 N–H and O–H groups in total. The number of thiazole rings is 1. The highest BCUT2D eigenvalue weighted by molar-refractivity contribution is 7.14. The second-order valence-corrected chi connectivity index (χ2v) is 7.34. The first-order chi connectivity index (χ1) is 15.0. The number of carbonyl (C=O) groups is 1. The Labute approximate surface area is 180 Å². The Morgan fingerprint density at radius 2 is 1.94 bits per heavy atom. The van der Waals surface area contributed by atoms with Gasteiger partial charge in [-0.15, -0.1) is 16.5 Å². The van der Waals surface area contributed by atoms with Crippen LogP contribution in [0.4, 0.5) is 16.5 Å². The van der Waals surface area contributed by atoms with Gasteiger partial charge in [0, 0.05) is 17.0 Å². The van der Waals surface area contributed by atoms with E-state index >= 15 is 0 Å². The van der Waals surface area contributed by atoms with Gasteiger partial charge in [0.05, 0.1) is 23.4 Å². The van der Waals surface area contributed by atoms with Crippen LogP contribution in [0, 0.1) is 10.1 Å². The summed E-state index contributed by atoms with van der Waals surface area (Å²) in [4.78, 5) is 27.9. The molecule has 11 heteroatoms. The number of benzene rings is 2. The molecule has 4 rings (SSSR count). The minimum absolute atomic E-state index is 0.0718. The van der Waals surface area contributed by atoms with E-state index in [1.54, 1.807) is 20.1 Å². The third-order valence-corrected chi connectivity index (χ3v) is 5.33. The fourth-order valence-electron chi connectivity index (χ4n) is 2.91. The van der Waals surface area contributed by atoms with Crippen LogP contribution >= 0.6 is 11.3 Å². The van der Waals surface area contributed by atoms with Crippen LogP contribution in [0.15, 0.2) is 69.2 Å². The Balaban J connectivity index is 1.54. The van der Waals surface area contributed by atoms with Crippen molar-refractivity contribution < 1.29 is 14.5 Å². The van der Waals surface area contributed by atoms with Gasteiger partial charge in [-0.3, -0.25) is 14.9 Å². The minimum atomic E-state index is -0.965. The van der Waals surface area contributed by atoms with Crippen LogP contribution in [-0.2, 0) is 4.79 Å². The van der Waals surface area contributed by atoms with Gasteiger partial charge >= 0.3 is 0 Å². The molecule has 2 aromatic carbocycles. The molecule has 1 aliphatic rings. The van der Waals surface area contributed by atoms with Crippen LogP contribution in [0.5, 0.6) is 5.75 Å². The third kappa shape index (κ3) is 4.03. The summed E-state index contributed by atoms with van der Waals surface area (Å²) in [6.07, 6.45) is 0. The summed E-state index contributed by atoms with van der Waals surface area (Å²) < 4.78 is 5.16. The predicted molar refractivity (Wildman–Crippen MR) is 116 cm³/mol. The number of hydrogen-bond donors (Lipinski definition) is 0. The predicted octanol–water partition coefficient (Wildman–Crippen LogP) is 4.60. The molecular weight excluding hydrogens is 420 g/mol. The van der Waals surface area contributed by atoms with E-state index in [0.29, 0.717) is 16.5 Å². The van der Waals surface area contributed by atoms with Gasteiger partial charge in [0.25, 0.3) is 11.6 Å². The number of ether oxygens (including phenoxy) is 1. The summed E-state index contributed by atoms with van der Waals surface area (Å²) in [7, 11) is 1.60. The number of hydrazone groups is 1. The highest BCUT2D eigenvalue weighted by atomic mass is 32.1. The van der Waals surface area contributed by atoms with Crippen LogP contribution in [-0.4, -0.2) is 34.7 Å². The summed E-state index contributed by atoms with van der Waals surface area (Å²) >= 11 is 1.27. The number of nitro groups is 1. The number of para-hydroxylation sites is 1. The van der Waals surface area contributed by atoms with Crippen molar-refractivity contribution in [2.45, 2.75) is 13.0 Å². The summed E-state index contributed by atoms with van der Waals surface area (Å²) in [6, 6.07) is 12.4. The molecule has 0 aliphatic carbocycles. The summed E-state index contributed by atoms with van der Waals surface area (Å²) in [5.74, 6) is 0.316. The molecule has 3 aromatic rings. The maximum Gasteiger partial charge on any atom is 0.296 e. The number of amides is 1. The first-order valence-corrected chi connectivity index (χ1v) is 9.99. The van der Waals surface area contributed by atoms with Crippen molar-refractivity contribution in [1.29, 1.82) is 0 Å². The Morgan fingerprint density at radius 3 is 2.65 bits per heavy atom. The number of azo groups is 1. The largest absolute Gasteiger partial charge is 0.497 e. The number of hydrogen-bond acceptors (Lipinski definition) is 9. The lowest BCUT2D eigenvalue weighted by molar-refractivity contribution is -0.384. The Morgan fingerprint density at radius 1 is 1.19 bits per heavy atom. The van der Waals surface area contributed by atoms with Crippen molar-refractivity contribution in [3.63, 3.8) is 0 Å². The first-order valence-electron chi connectivity index (χ1n) is 9.11. The van der Waals surface area contributed by atoms with E-state index in [9.17, 15) is 14.9 Å². The maximum atomic E-state index is 12.9. The lowest BCUT2D eigenvalue weighted by atomic mass is 10.2. The molecule has 1 aromatic heterocycles. The van der Waals surface area contributed by atoms with E-state index in [4.69, 9.17) is 4.74 Å². The standard InChI is InChI=1S/C20H16N6O4S/c1-12-18(23-22-15-5-3-4-6-17(15)26(28)29)19(27)25(24-12)20-21-16(11-31-20)13-7-9-14(30-2)10-8-13/h3-11,18H,1-2H3/t18-/m0/s1. The van der Waals surface area contributed by atoms with Gasteiger partial charge in [0.1, 0.15) is 5.75 Å². The lowest BCUT2D eigenvalue weighted by Gasteiger charge is -2.08. The summed E-state index contributed by atoms with van der Waals surface area (Å²) in [6.45, 7) is 1.65. The fraction of sp³-hybridized carbons (Fsp3) is 0.150. The average molecular weight is 436 g/mol. The van der Waals surface area contributed by atoms with Crippen molar-refractivity contribution >= 4 is 39.5 Å². The van der Waals surface area contributed by atoms with Crippen molar-refractivity contribution in [2.75, 3.05) is 12.1 Å². The van der Waals surface area contributed by atoms with E-state index < -0.39 is 16.9 Å². The summed E-state index contributed by atoms with van der Waals surface area (Å²) in [5.41, 5.74) is 1.89. The van der Waals surface area contributed by atoms with Crippen molar-refractivity contribution in [2.24, 2.45) is 15.3 Å². The lowest BCUT2D eigenvalue weighted by Crippen LogP contribution is -2.29. The van der Waals surface area contributed by atoms with Gasteiger partial charge in [-0.25, -0.2) is 4.98 Å². The zero-order valence-corrected chi connectivity index (χ0v) is 17.3. The van der Waals surface area contributed by atoms with Crippen molar-refractivity contribution in [3.8, 4) is 17.0 Å². The number of carbonyl (C=O) groups excluding carboxylic acids is 1. The second-order valence-electron chi connectivity index (χ2n) is 6.50. The van der Waals surface area contributed by atoms with E-state index in [2.05, 4.69) is 20.3 Å². The van der Waals surface area contributed by atoms with E-state index in [0.717, 1.165) is 11.3 Å². The Bertz CT molecular complexity index is 1200. The van der Waals surface area contributed by atoms with Gasteiger partial charge in [-0.2, -0.15) is 15.2 Å². The topological polar surface area (TPSA) is 123 Å². The zero-order chi connectivity index (χ0) is 22.0. The highest BCUT2D eigenvalue weighted by Crippen LogP contribution is 2.32. The zero-order valence-electron chi connectivity index (χ0n) is 16.5. The number of nitrogens with zero attached hydrogens (tertiary/aromatic N) is 6. The first kappa shape index (κ1) is 20.3. The third-order valence-electron chi connectivity index (χ3n) is 4.51. The smallest absolute Gasteiger partial charge is 0.296 e. The molecule has 0 bridgehead atoms. The van der Waals surface area contributed by atoms with E-state index in [-0.39, 0.29) is 11.4 Å². The maximum absolute atomic E-state index is 12.9. The average Bonchev–Trinajstić information content (AvgIpc) is 3.37. The number of nitro benzene ring substituents is 1. The molecule has 1 aliphatic heterocycles. The molecule has 10 nitrogen and oxygen atoms in total. The molecule has 0 fully saturated rings. The molecule has 0 spiro atoms.